The smallest absolute Gasteiger partial charge is 0.460 e. The zero-order valence-electron chi connectivity index (χ0n) is 54.9. The number of phenols is 6. The van der Waals surface area contributed by atoms with Crippen molar-refractivity contribution in [2.75, 3.05) is 0 Å². The molecule has 0 bridgehead atoms. The average Bonchev–Trinajstić information content (AvgIpc) is 0.725. The maximum absolute atomic E-state index is 14.2. The molecule has 0 aliphatic carbocycles. The van der Waals surface area contributed by atoms with Gasteiger partial charge in [-0.1, -0.05) is 13.5 Å². The van der Waals surface area contributed by atoms with Crippen LogP contribution in [-0.4, -0.2) is 81.1 Å². The zero-order chi connectivity index (χ0) is 76.7. The van der Waals surface area contributed by atoms with E-state index in [1.807, 2.05) is 0 Å². The van der Waals surface area contributed by atoms with Crippen molar-refractivity contribution in [3.05, 3.63) is 291 Å². The van der Waals surface area contributed by atoms with Gasteiger partial charge in [0, 0.05) is 0 Å². The molecule has 0 fully saturated rings. The fourth-order valence-electron chi connectivity index (χ4n) is 10.2. The minimum atomic E-state index is -5.25. The SMILES string of the molecule is O=S(=O)(c1ccc(O)cc1)c1ccc(OP2(Oc3ccc(S(=O)(=O)c4ccc(O)cc4)cc3)=NP(Oc3ccc(S(=O)(=O)c4ccc(O)cc4)cc3)(Oc3ccc(S(=O)(=O)c4ccc(O)cc4)cc3)=NP(Oc3ccc(S(=O)(=O)c4ccc(O)cc4)cc3)(Oc3ccc(S(=O)(=O)c4ccc(O)cc4)cc3)=N2)cc1. The first-order chi connectivity index (χ1) is 51.2. The summed E-state index contributed by atoms with van der Waals surface area (Å²) in [6.45, 7) is 0. The fourth-order valence-corrected chi connectivity index (χ4v) is 26.9. The topological polar surface area (TPSA) is 419 Å². The number of benzene rings is 12. The van der Waals surface area contributed by atoms with E-state index in [0.29, 0.717) is 0 Å². The Labute approximate surface area is 618 Å². The fraction of sp³-hybridized carbons (Fsp3) is 0. The van der Waals surface area contributed by atoms with Gasteiger partial charge in [-0.25, -0.2) is 50.5 Å². The Morgan fingerprint density at radius 1 is 0.167 bits per heavy atom. The summed E-state index contributed by atoms with van der Waals surface area (Å²) >= 11 is 0. The lowest BCUT2D eigenvalue weighted by atomic mass is 10.3. The lowest BCUT2D eigenvalue weighted by molar-refractivity contribution is 0.442. The Bertz CT molecular complexity index is 5330. The molecule has 36 heteroatoms. The molecule has 0 unspecified atom stereocenters. The van der Waals surface area contributed by atoms with Crippen LogP contribution in [-0.2, 0) is 59.0 Å². The van der Waals surface area contributed by atoms with E-state index in [2.05, 4.69) is 0 Å². The first-order valence-corrected chi connectivity index (χ1v) is 44.7. The van der Waals surface area contributed by atoms with Crippen molar-refractivity contribution in [1.82, 2.24) is 0 Å². The van der Waals surface area contributed by atoms with E-state index in [-0.39, 0.29) is 128 Å². The van der Waals surface area contributed by atoms with Gasteiger partial charge in [-0.3, -0.25) is 0 Å². The summed E-state index contributed by atoms with van der Waals surface area (Å²) in [5.41, 5.74) is 0. The Hall–Kier alpha value is -11.4. The quantitative estimate of drug-likeness (QED) is 0.0306. The third kappa shape index (κ3) is 15.9. The van der Waals surface area contributed by atoms with Crippen LogP contribution in [0.4, 0.5) is 0 Å². The van der Waals surface area contributed by atoms with Crippen LogP contribution in [0, 0.1) is 0 Å². The lowest BCUT2D eigenvalue weighted by Gasteiger charge is -2.33. The molecule has 13 rings (SSSR count). The Balaban J connectivity index is 1.08. The monoisotopic (exact) mass is 1630 g/mol. The van der Waals surface area contributed by atoms with Gasteiger partial charge < -0.3 is 57.8 Å². The molecule has 108 heavy (non-hydrogen) atoms. The number of hydrogen-bond donors (Lipinski definition) is 6. The second kappa shape index (κ2) is 29.1. The molecule has 1 aliphatic heterocycles. The summed E-state index contributed by atoms with van der Waals surface area (Å²) in [7, 11) is -42.0. The van der Waals surface area contributed by atoms with Gasteiger partial charge in [0.2, 0.25) is 59.0 Å². The van der Waals surface area contributed by atoms with Crippen LogP contribution in [0.5, 0.6) is 69.0 Å². The van der Waals surface area contributed by atoms with E-state index in [0.717, 1.165) is 291 Å². The van der Waals surface area contributed by atoms with Crippen molar-refractivity contribution < 1.29 is 108 Å². The van der Waals surface area contributed by atoms with Crippen LogP contribution in [0.15, 0.2) is 363 Å². The molecule has 0 radical (unpaired) electrons. The predicted octanol–water partition coefficient (Wildman–Crippen LogP) is 15.5. The number of sulfone groups is 6. The number of rotatable bonds is 24. The van der Waals surface area contributed by atoms with E-state index in [1.54, 1.807) is 0 Å². The molecule has 0 atom stereocenters. The minimum absolute atomic E-state index is 0.233. The highest BCUT2D eigenvalue weighted by molar-refractivity contribution is 7.93. The highest BCUT2D eigenvalue weighted by Crippen LogP contribution is 2.79. The number of nitrogens with zero attached hydrogens (tertiary/aromatic N) is 3. The highest BCUT2D eigenvalue weighted by Gasteiger charge is 2.49. The third-order valence-corrected chi connectivity index (χ3v) is 34.5. The summed E-state index contributed by atoms with van der Waals surface area (Å²) in [5.74, 6) is -3.37. The van der Waals surface area contributed by atoms with E-state index in [1.165, 1.54) is 0 Å². The van der Waals surface area contributed by atoms with Gasteiger partial charge in [0.05, 0.1) is 58.7 Å². The van der Waals surface area contributed by atoms with Gasteiger partial charge in [-0.05, 0) is 291 Å². The second-order valence-corrected chi connectivity index (χ2v) is 41.0. The average molecular weight is 1630 g/mol. The minimum Gasteiger partial charge on any atom is -0.508 e. The van der Waals surface area contributed by atoms with E-state index < -0.39 is 82.0 Å². The molecule has 0 saturated carbocycles. The molecule has 27 nitrogen and oxygen atoms in total. The van der Waals surface area contributed by atoms with Crippen LogP contribution in [0.3, 0.4) is 0 Å². The molecule has 12 aromatic rings. The van der Waals surface area contributed by atoms with Crippen LogP contribution in [0.2, 0.25) is 0 Å². The first kappa shape index (κ1) is 74.9. The molecule has 1 aliphatic rings. The summed E-state index contributed by atoms with van der Waals surface area (Å²) in [6, 6.07) is 55.3. The Morgan fingerprint density at radius 2 is 0.259 bits per heavy atom. The largest absolute Gasteiger partial charge is 0.508 e. The van der Waals surface area contributed by atoms with E-state index in [4.69, 9.17) is 40.7 Å². The van der Waals surface area contributed by atoms with Gasteiger partial charge in [-0.15, -0.1) is 0 Å². The molecule has 0 spiro atoms. The standard InChI is InChI=1S/C72H54N3O24P3S6/c76-49-1-25-61(26-2-49)103(82,83)67-37-13-55(14-38-67)94-100(95-56-15-39-68(40-16-56)104(84,85)62-27-3-50(77)4-28-62)73-101(96-57-17-41-69(42-18-57)105(86,87)63-29-5-51(78)6-30-63,97-58-19-43-70(44-20-58)106(88,89)64-31-7-52(79)8-32-64)75-102(74-100,98-59-21-45-71(46-22-59)107(90,91)65-33-9-53(80)10-34-65)99-60-23-47-72(48-24-60)108(92,93)66-35-11-54(81)12-36-66/h1-48,76-81H. The molecule has 552 valence electrons. The number of phenolic OH excluding ortho intramolecular Hbond substituents is 6. The van der Waals surface area contributed by atoms with Crippen molar-refractivity contribution in [3.8, 4) is 69.0 Å². The normalized spacial score (nSPS) is 14.1. The summed E-state index contributed by atoms with van der Waals surface area (Å²) < 4.78 is 227. The molecule has 0 amide bonds. The lowest BCUT2D eigenvalue weighted by Crippen LogP contribution is -2.12. The van der Waals surface area contributed by atoms with Crippen molar-refractivity contribution in [3.63, 3.8) is 0 Å². The van der Waals surface area contributed by atoms with Crippen molar-refractivity contribution in [2.24, 2.45) is 13.5 Å². The molecule has 1 heterocycles. The van der Waals surface area contributed by atoms with Crippen molar-refractivity contribution in [1.29, 1.82) is 0 Å². The number of hydrogen-bond acceptors (Lipinski definition) is 27. The van der Waals surface area contributed by atoms with Crippen LogP contribution in [0.25, 0.3) is 0 Å². The van der Waals surface area contributed by atoms with Crippen molar-refractivity contribution >= 4 is 82.0 Å². The highest BCUT2D eigenvalue weighted by atomic mass is 32.2. The van der Waals surface area contributed by atoms with E-state index in [9.17, 15) is 81.1 Å². The van der Waals surface area contributed by atoms with Gasteiger partial charge >= 0.3 is 23.0 Å². The third-order valence-electron chi connectivity index (χ3n) is 15.7. The maximum atomic E-state index is 14.2. The molecule has 0 aromatic heterocycles. The van der Waals surface area contributed by atoms with Crippen molar-refractivity contribution in [2.45, 2.75) is 58.7 Å². The maximum Gasteiger partial charge on any atom is 0.460 e. The van der Waals surface area contributed by atoms with Gasteiger partial charge in [0.1, 0.15) is 69.0 Å². The van der Waals surface area contributed by atoms with Crippen LogP contribution in [0.1, 0.15) is 0 Å². The predicted molar refractivity (Wildman–Crippen MR) is 392 cm³/mol. The van der Waals surface area contributed by atoms with Gasteiger partial charge in [0.25, 0.3) is 0 Å². The first-order valence-electron chi connectivity index (χ1n) is 31.2. The summed E-state index contributed by atoms with van der Waals surface area (Å²) in [5, 5.41) is 60.3. The molecule has 0 saturated heterocycles. The zero-order valence-corrected chi connectivity index (χ0v) is 62.5. The molecule has 12 aromatic carbocycles. The Morgan fingerprint density at radius 3 is 0.361 bits per heavy atom. The Kier molecular flexibility index (Phi) is 20.2. The number of aromatic hydroxyl groups is 6. The molecular formula is C72H54N3O24P3S6. The van der Waals surface area contributed by atoms with Crippen LogP contribution < -0.4 is 27.1 Å². The summed E-state index contributed by atoms with van der Waals surface area (Å²) in [4.78, 5) is -3.39. The van der Waals surface area contributed by atoms with E-state index >= 15 is 0 Å². The van der Waals surface area contributed by atoms with Gasteiger partial charge in [0.15, 0.2) is 0 Å². The van der Waals surface area contributed by atoms with Crippen LogP contribution >= 0.6 is 23.0 Å². The summed E-state index contributed by atoms with van der Waals surface area (Å²) in [6.07, 6.45) is 0. The van der Waals surface area contributed by atoms with Gasteiger partial charge in [-0.2, -0.15) is 0 Å². The molecular weight excluding hydrogens is 1580 g/mol. The second-order valence-electron chi connectivity index (χ2n) is 23.1. The molecule has 6 N–H and O–H groups in total.